The van der Waals surface area contributed by atoms with Gasteiger partial charge in [-0.05, 0) is 26.2 Å². The third-order valence-electron chi connectivity index (χ3n) is 2.67. The quantitative estimate of drug-likeness (QED) is 0.432. The van der Waals surface area contributed by atoms with Crippen LogP contribution >= 0.6 is 0 Å². The first-order valence-electron chi connectivity index (χ1n) is 4.95. The first-order valence-corrected chi connectivity index (χ1v) is 4.95. The predicted octanol–water partition coefficient (Wildman–Crippen LogP) is 1.35. The Morgan fingerprint density at radius 3 is 2.60 bits per heavy atom. The van der Waals surface area contributed by atoms with Crippen LogP contribution in [0.1, 0.15) is 32.6 Å². The maximum atomic E-state index is 11.5. The second-order valence-corrected chi connectivity index (χ2v) is 3.89. The number of hydrogen-bond acceptors (Lipinski definition) is 3. The van der Waals surface area contributed by atoms with Gasteiger partial charge in [0.1, 0.15) is 5.78 Å². The van der Waals surface area contributed by atoms with E-state index in [0.29, 0.717) is 6.42 Å². The maximum absolute atomic E-state index is 11.5. The van der Waals surface area contributed by atoms with Crippen molar-refractivity contribution in [2.45, 2.75) is 32.6 Å². The Hall–Kier alpha value is -1.45. The lowest BCUT2D eigenvalue weighted by Crippen LogP contribution is -2.23. The second-order valence-electron chi connectivity index (χ2n) is 3.89. The minimum Gasteiger partial charge on any atom is -0.475 e. The zero-order valence-corrected chi connectivity index (χ0v) is 8.66. The summed E-state index contributed by atoms with van der Waals surface area (Å²) in [7, 11) is 0. The van der Waals surface area contributed by atoms with Crippen molar-refractivity contribution in [2.24, 2.45) is 5.92 Å². The van der Waals surface area contributed by atoms with E-state index in [1.165, 1.54) is 5.57 Å². The molecule has 0 saturated carbocycles. The lowest BCUT2D eigenvalue weighted by molar-refractivity contribution is -0.150. The molecule has 1 N–H and O–H groups in total. The van der Waals surface area contributed by atoms with E-state index in [0.717, 1.165) is 12.8 Å². The Morgan fingerprint density at radius 1 is 1.47 bits per heavy atom. The van der Waals surface area contributed by atoms with E-state index in [2.05, 4.69) is 0 Å². The number of carboxylic acids is 1. The molecular weight excluding hydrogens is 196 g/mol. The highest BCUT2D eigenvalue weighted by Gasteiger charge is 2.24. The molecule has 1 atom stereocenters. The van der Waals surface area contributed by atoms with Gasteiger partial charge in [-0.2, -0.15) is 0 Å². The van der Waals surface area contributed by atoms with E-state index in [9.17, 15) is 14.4 Å². The van der Waals surface area contributed by atoms with Gasteiger partial charge in [-0.25, -0.2) is 4.79 Å². The Morgan fingerprint density at radius 2 is 2.13 bits per heavy atom. The molecule has 0 bridgehead atoms. The lowest BCUT2D eigenvalue weighted by atomic mass is 9.85. The minimum atomic E-state index is -1.52. The van der Waals surface area contributed by atoms with Gasteiger partial charge in [0.05, 0.1) is 6.42 Å². The molecule has 0 aromatic heterocycles. The lowest BCUT2D eigenvalue weighted by Gasteiger charge is -2.18. The molecule has 0 fully saturated rings. The first-order chi connectivity index (χ1) is 7.00. The normalized spacial score (nSPS) is 20.6. The van der Waals surface area contributed by atoms with Gasteiger partial charge in [0, 0.05) is 5.92 Å². The average Bonchev–Trinajstić information content (AvgIpc) is 2.18. The van der Waals surface area contributed by atoms with Crippen LogP contribution < -0.4 is 0 Å². The molecule has 0 radical (unpaired) electrons. The molecule has 0 spiro atoms. The van der Waals surface area contributed by atoms with Crippen LogP contribution in [0.5, 0.6) is 0 Å². The van der Waals surface area contributed by atoms with E-state index in [1.807, 2.05) is 13.0 Å². The van der Waals surface area contributed by atoms with Crippen molar-refractivity contribution < 1.29 is 19.5 Å². The summed E-state index contributed by atoms with van der Waals surface area (Å²) in [6.07, 6.45) is 3.74. The van der Waals surface area contributed by atoms with Gasteiger partial charge in [-0.15, -0.1) is 0 Å². The van der Waals surface area contributed by atoms with Gasteiger partial charge in [-0.1, -0.05) is 11.6 Å². The molecule has 1 unspecified atom stereocenters. The molecule has 0 saturated heterocycles. The number of aliphatic carboxylic acids is 1. The molecule has 1 rings (SSSR count). The summed E-state index contributed by atoms with van der Waals surface area (Å²) in [6, 6.07) is 0. The van der Waals surface area contributed by atoms with Crippen LogP contribution in [0.2, 0.25) is 0 Å². The van der Waals surface area contributed by atoms with E-state index in [4.69, 9.17) is 5.11 Å². The molecule has 0 heterocycles. The molecule has 0 aromatic rings. The Bertz CT molecular complexity index is 327. The van der Waals surface area contributed by atoms with Crippen LogP contribution in [0.25, 0.3) is 0 Å². The molecule has 0 aliphatic heterocycles. The van der Waals surface area contributed by atoms with Crippen LogP contribution in [0.15, 0.2) is 11.6 Å². The van der Waals surface area contributed by atoms with Crippen molar-refractivity contribution in [3.8, 4) is 0 Å². The summed E-state index contributed by atoms with van der Waals surface area (Å²) in [5.74, 6) is -2.94. The molecule has 1 aliphatic carbocycles. The number of Topliss-reactive ketones (excluding diaryl/α,β-unsaturated/α-hetero) is 2. The van der Waals surface area contributed by atoms with Crippen LogP contribution in [-0.2, 0) is 14.4 Å². The highest BCUT2D eigenvalue weighted by molar-refractivity contribution is 6.36. The smallest absolute Gasteiger partial charge is 0.372 e. The number of carboxylic acid groups (broad SMARTS) is 1. The number of rotatable bonds is 4. The number of ketones is 2. The van der Waals surface area contributed by atoms with Gasteiger partial charge in [0.15, 0.2) is 0 Å². The Balaban J connectivity index is 2.49. The van der Waals surface area contributed by atoms with Crippen LogP contribution in [-0.4, -0.2) is 22.6 Å². The predicted molar refractivity (Wildman–Crippen MR) is 53.4 cm³/mol. The fourth-order valence-corrected chi connectivity index (χ4v) is 1.64. The number of carbonyl (C=O) groups excluding carboxylic acids is 2. The molecule has 1 aliphatic rings. The third-order valence-corrected chi connectivity index (χ3v) is 2.67. The number of allylic oxidation sites excluding steroid dienone is 2. The highest BCUT2D eigenvalue weighted by atomic mass is 16.4. The maximum Gasteiger partial charge on any atom is 0.372 e. The first kappa shape index (κ1) is 11.6. The summed E-state index contributed by atoms with van der Waals surface area (Å²) in [4.78, 5) is 32.6. The number of carbonyl (C=O) groups is 3. The van der Waals surface area contributed by atoms with Crippen molar-refractivity contribution >= 4 is 17.5 Å². The van der Waals surface area contributed by atoms with Crippen LogP contribution in [0, 0.1) is 5.92 Å². The topological polar surface area (TPSA) is 71.4 Å². The largest absolute Gasteiger partial charge is 0.475 e. The monoisotopic (exact) mass is 210 g/mol. The fourth-order valence-electron chi connectivity index (χ4n) is 1.64. The molecular formula is C11H14O4. The van der Waals surface area contributed by atoms with Crippen LogP contribution in [0.4, 0.5) is 0 Å². The summed E-state index contributed by atoms with van der Waals surface area (Å²) >= 11 is 0. The molecule has 15 heavy (non-hydrogen) atoms. The van der Waals surface area contributed by atoms with E-state index < -0.39 is 18.2 Å². The molecule has 4 heteroatoms. The van der Waals surface area contributed by atoms with Gasteiger partial charge in [0.25, 0.3) is 0 Å². The second kappa shape index (κ2) is 4.87. The highest BCUT2D eigenvalue weighted by Crippen LogP contribution is 2.24. The summed E-state index contributed by atoms with van der Waals surface area (Å²) in [5.41, 5.74) is 1.25. The zero-order chi connectivity index (χ0) is 11.4. The van der Waals surface area contributed by atoms with E-state index in [1.54, 1.807) is 0 Å². The standard InChI is InChI=1S/C11H14O4/c1-7-2-4-8(5-3-7)9(12)6-10(13)11(14)15/h2,8H,3-6H2,1H3,(H,14,15). The van der Waals surface area contributed by atoms with Crippen molar-refractivity contribution in [3.63, 3.8) is 0 Å². The van der Waals surface area contributed by atoms with E-state index >= 15 is 0 Å². The molecule has 4 nitrogen and oxygen atoms in total. The zero-order valence-electron chi connectivity index (χ0n) is 8.66. The van der Waals surface area contributed by atoms with Gasteiger partial charge < -0.3 is 5.11 Å². The SMILES string of the molecule is CC1=CCC(C(=O)CC(=O)C(=O)O)CC1. The van der Waals surface area contributed by atoms with Gasteiger partial charge in [0.2, 0.25) is 5.78 Å². The average molecular weight is 210 g/mol. The van der Waals surface area contributed by atoms with Crippen molar-refractivity contribution in [2.75, 3.05) is 0 Å². The Labute approximate surface area is 88.0 Å². The minimum absolute atomic E-state index is 0.169. The van der Waals surface area contributed by atoms with Gasteiger partial charge >= 0.3 is 5.97 Å². The fraction of sp³-hybridized carbons (Fsp3) is 0.545. The summed E-state index contributed by atoms with van der Waals surface area (Å²) in [6.45, 7) is 2.00. The van der Waals surface area contributed by atoms with E-state index in [-0.39, 0.29) is 11.7 Å². The van der Waals surface area contributed by atoms with Gasteiger partial charge in [-0.3, -0.25) is 9.59 Å². The third kappa shape index (κ3) is 3.31. The summed E-state index contributed by atoms with van der Waals surface area (Å²) in [5, 5.41) is 8.36. The molecule has 0 aromatic carbocycles. The summed E-state index contributed by atoms with van der Waals surface area (Å²) < 4.78 is 0. The van der Waals surface area contributed by atoms with Crippen molar-refractivity contribution in [1.29, 1.82) is 0 Å². The Kier molecular flexibility index (Phi) is 3.77. The van der Waals surface area contributed by atoms with Crippen molar-refractivity contribution in [1.82, 2.24) is 0 Å². The molecule has 82 valence electrons. The number of hydrogen-bond donors (Lipinski definition) is 1. The van der Waals surface area contributed by atoms with Crippen molar-refractivity contribution in [3.05, 3.63) is 11.6 Å². The van der Waals surface area contributed by atoms with Crippen LogP contribution in [0.3, 0.4) is 0 Å². The molecule has 0 amide bonds.